The molecule has 2 N–H and O–H groups in total. The molecule has 1 aromatic heterocycles. The molecule has 0 saturated carbocycles. The van der Waals surface area contributed by atoms with Gasteiger partial charge in [-0.05, 0) is 17.7 Å². The van der Waals surface area contributed by atoms with Crippen molar-refractivity contribution in [2.45, 2.75) is 32.0 Å². The molecule has 28 heavy (non-hydrogen) atoms. The van der Waals surface area contributed by atoms with E-state index in [2.05, 4.69) is 32.3 Å². The van der Waals surface area contributed by atoms with Gasteiger partial charge in [0.1, 0.15) is 6.10 Å². The molecule has 1 amide bonds. The quantitative estimate of drug-likeness (QED) is 0.718. The van der Waals surface area contributed by atoms with Crippen molar-refractivity contribution in [3.63, 3.8) is 0 Å². The highest BCUT2D eigenvalue weighted by Gasteiger charge is 2.24. The van der Waals surface area contributed by atoms with E-state index >= 15 is 0 Å². The van der Waals surface area contributed by atoms with Gasteiger partial charge in [0.05, 0.1) is 36.0 Å². The maximum atomic E-state index is 12.1. The zero-order valence-electron chi connectivity index (χ0n) is 15.6. The largest absolute Gasteiger partial charge is 0.489 e. The smallest absolute Gasteiger partial charge is 0.233 e. The van der Waals surface area contributed by atoms with Crippen molar-refractivity contribution in [1.82, 2.24) is 20.2 Å². The summed E-state index contributed by atoms with van der Waals surface area (Å²) in [4.78, 5) is 16.4. The zero-order valence-corrected chi connectivity index (χ0v) is 15.6. The lowest BCUT2D eigenvalue weighted by atomic mass is 9.94. The van der Waals surface area contributed by atoms with Crippen molar-refractivity contribution < 1.29 is 9.53 Å². The Hall–Kier alpha value is -3.11. The molecular weight excluding hydrogens is 354 g/mol. The Morgan fingerprint density at radius 2 is 2.18 bits per heavy atom. The standard InChI is InChI=1S/C21H23N5O2/c22-8-17-5-4-16-7-20(17)28-19-3-1-2-15(6-19)9-25-21(27)12-23-10-18-11-24-14-26(18)13-16/h1-5,11,14-15,20,23H,6-7,9-10,12-13H2,(H,25,27). The molecule has 0 radical (unpaired) electrons. The summed E-state index contributed by atoms with van der Waals surface area (Å²) in [7, 11) is 0. The van der Waals surface area contributed by atoms with Gasteiger partial charge in [0.2, 0.25) is 5.91 Å². The van der Waals surface area contributed by atoms with Crippen LogP contribution in [0.15, 0.2) is 59.8 Å². The summed E-state index contributed by atoms with van der Waals surface area (Å²) >= 11 is 0. The predicted molar refractivity (Wildman–Crippen MR) is 104 cm³/mol. The van der Waals surface area contributed by atoms with Crippen LogP contribution in [-0.2, 0) is 22.6 Å². The summed E-state index contributed by atoms with van der Waals surface area (Å²) < 4.78 is 8.28. The number of rotatable bonds is 0. The summed E-state index contributed by atoms with van der Waals surface area (Å²) in [6.07, 6.45) is 14.6. The van der Waals surface area contributed by atoms with Gasteiger partial charge in [0.15, 0.2) is 0 Å². The Morgan fingerprint density at radius 3 is 3.07 bits per heavy atom. The van der Waals surface area contributed by atoms with Gasteiger partial charge < -0.3 is 19.9 Å². The topological polar surface area (TPSA) is 92.0 Å². The van der Waals surface area contributed by atoms with E-state index in [1.807, 2.05) is 30.5 Å². The van der Waals surface area contributed by atoms with Crippen LogP contribution in [0.25, 0.3) is 0 Å². The van der Waals surface area contributed by atoms with Crippen LogP contribution in [0, 0.1) is 17.2 Å². The van der Waals surface area contributed by atoms with Crippen LogP contribution in [0.1, 0.15) is 18.5 Å². The maximum Gasteiger partial charge on any atom is 0.233 e. The molecule has 3 aliphatic rings. The van der Waals surface area contributed by atoms with E-state index in [1.54, 1.807) is 6.33 Å². The molecule has 0 fully saturated rings. The first kappa shape index (κ1) is 18.3. The number of aromatic nitrogens is 2. The normalized spacial score (nSPS) is 25.2. The monoisotopic (exact) mass is 377 g/mol. The highest BCUT2D eigenvalue weighted by atomic mass is 16.5. The van der Waals surface area contributed by atoms with Gasteiger partial charge in [0, 0.05) is 44.6 Å². The van der Waals surface area contributed by atoms with E-state index in [1.165, 1.54) is 5.57 Å². The van der Waals surface area contributed by atoms with Gasteiger partial charge >= 0.3 is 0 Å². The first-order valence-corrected chi connectivity index (χ1v) is 9.51. The zero-order chi connectivity index (χ0) is 19.3. The number of amides is 1. The van der Waals surface area contributed by atoms with Crippen molar-refractivity contribution >= 4 is 5.91 Å². The molecule has 2 heterocycles. The van der Waals surface area contributed by atoms with Crippen LogP contribution in [0.3, 0.4) is 0 Å². The Kier molecular flexibility index (Phi) is 5.40. The van der Waals surface area contributed by atoms with Gasteiger partial charge in [-0.2, -0.15) is 5.26 Å². The van der Waals surface area contributed by atoms with E-state index in [0.717, 1.165) is 11.5 Å². The average Bonchev–Trinajstić information content (AvgIpc) is 3.13. The second-order valence-corrected chi connectivity index (χ2v) is 7.27. The Morgan fingerprint density at radius 1 is 1.25 bits per heavy atom. The number of hydrogen-bond donors (Lipinski definition) is 2. The summed E-state index contributed by atoms with van der Waals surface area (Å²) in [5, 5.41) is 15.6. The Labute approximate surface area is 164 Å². The Bertz CT molecular complexity index is 915. The van der Waals surface area contributed by atoms with Crippen molar-refractivity contribution in [3.05, 3.63) is 65.5 Å². The lowest BCUT2D eigenvalue weighted by Gasteiger charge is -2.27. The summed E-state index contributed by atoms with van der Waals surface area (Å²) in [5.74, 6) is 1.01. The SMILES string of the molecule is N#CC1=CC=C2CC1OC1=CC=CC(CNC(=O)CNCc3cncn3C2)C1. The molecule has 144 valence electrons. The van der Waals surface area contributed by atoms with Crippen LogP contribution in [-0.4, -0.2) is 34.7 Å². The minimum Gasteiger partial charge on any atom is -0.489 e. The second-order valence-electron chi connectivity index (χ2n) is 7.27. The molecular formula is C21H23N5O2. The number of nitrogens with zero attached hydrogens (tertiary/aromatic N) is 3. The van der Waals surface area contributed by atoms with Crippen molar-refractivity contribution in [2.75, 3.05) is 13.1 Å². The molecule has 2 atom stereocenters. The molecule has 7 nitrogen and oxygen atoms in total. The fourth-order valence-electron chi connectivity index (χ4n) is 3.66. The number of carbonyl (C=O) groups is 1. The van der Waals surface area contributed by atoms with E-state index in [4.69, 9.17) is 4.74 Å². The minimum atomic E-state index is -0.281. The number of ether oxygens (including phenoxy) is 1. The highest BCUT2D eigenvalue weighted by Crippen LogP contribution is 2.28. The van der Waals surface area contributed by atoms with E-state index in [-0.39, 0.29) is 24.5 Å². The van der Waals surface area contributed by atoms with Crippen molar-refractivity contribution in [2.24, 2.45) is 5.92 Å². The van der Waals surface area contributed by atoms with Gasteiger partial charge in [-0.15, -0.1) is 0 Å². The van der Waals surface area contributed by atoms with E-state index in [9.17, 15) is 10.1 Å². The fraction of sp³-hybridized carbons (Fsp3) is 0.381. The molecule has 2 aliphatic carbocycles. The van der Waals surface area contributed by atoms with E-state index in [0.29, 0.717) is 38.0 Å². The number of nitriles is 1. The summed E-state index contributed by atoms with van der Waals surface area (Å²) in [5.41, 5.74) is 2.82. The first-order valence-electron chi connectivity index (χ1n) is 9.51. The van der Waals surface area contributed by atoms with E-state index < -0.39 is 0 Å². The van der Waals surface area contributed by atoms with Crippen molar-refractivity contribution in [1.29, 1.82) is 5.26 Å². The molecule has 4 rings (SSSR count). The first-order chi connectivity index (χ1) is 13.7. The van der Waals surface area contributed by atoms with Gasteiger partial charge in [-0.1, -0.05) is 18.2 Å². The highest BCUT2D eigenvalue weighted by molar-refractivity contribution is 5.78. The van der Waals surface area contributed by atoms with Crippen LogP contribution in [0.4, 0.5) is 0 Å². The average molecular weight is 377 g/mol. The predicted octanol–water partition coefficient (Wildman–Crippen LogP) is 1.73. The van der Waals surface area contributed by atoms with Crippen LogP contribution < -0.4 is 10.6 Å². The summed E-state index contributed by atoms with van der Waals surface area (Å²) in [6, 6.07) is 2.27. The molecule has 7 heteroatoms. The lowest BCUT2D eigenvalue weighted by Crippen LogP contribution is -2.37. The number of hydrogen-bond acceptors (Lipinski definition) is 5. The summed E-state index contributed by atoms with van der Waals surface area (Å²) in [6.45, 7) is 2.07. The number of fused-ring (bicyclic) bond motifs is 5. The number of imidazole rings is 1. The molecule has 4 bridgehead atoms. The Balaban J connectivity index is 1.59. The molecule has 0 aromatic carbocycles. The number of allylic oxidation sites excluding steroid dienone is 5. The van der Waals surface area contributed by atoms with Crippen LogP contribution in [0.2, 0.25) is 0 Å². The third-order valence-electron chi connectivity index (χ3n) is 5.17. The molecule has 1 aromatic rings. The van der Waals surface area contributed by atoms with Crippen LogP contribution >= 0.6 is 0 Å². The maximum absolute atomic E-state index is 12.1. The third-order valence-corrected chi connectivity index (χ3v) is 5.17. The fourth-order valence-corrected chi connectivity index (χ4v) is 3.66. The molecule has 1 aliphatic heterocycles. The minimum absolute atomic E-state index is 0.0298. The molecule has 2 unspecified atom stereocenters. The van der Waals surface area contributed by atoms with Gasteiger partial charge in [-0.25, -0.2) is 4.98 Å². The number of nitrogens with one attached hydrogen (secondary N) is 2. The third kappa shape index (κ3) is 4.24. The lowest BCUT2D eigenvalue weighted by molar-refractivity contribution is -0.120. The van der Waals surface area contributed by atoms with Crippen molar-refractivity contribution in [3.8, 4) is 6.07 Å². The van der Waals surface area contributed by atoms with Gasteiger partial charge in [0.25, 0.3) is 0 Å². The van der Waals surface area contributed by atoms with Crippen LogP contribution in [0.5, 0.6) is 0 Å². The number of carbonyl (C=O) groups excluding carboxylic acids is 1. The second kappa shape index (κ2) is 8.28. The van der Waals surface area contributed by atoms with Gasteiger partial charge in [-0.3, -0.25) is 4.79 Å². The molecule has 0 spiro atoms. The molecule has 0 saturated heterocycles.